The van der Waals surface area contributed by atoms with Crippen LogP contribution in [0.3, 0.4) is 0 Å². The molecule has 1 aliphatic rings. The number of hydrogen-bond donors (Lipinski definition) is 1. The molecule has 2 rings (SSSR count). The van der Waals surface area contributed by atoms with Crippen LogP contribution in [0.4, 0.5) is 5.69 Å². The Hall–Kier alpha value is -1.95. The summed E-state index contributed by atoms with van der Waals surface area (Å²) < 4.78 is 15.8. The fourth-order valence-electron chi connectivity index (χ4n) is 2.27. The van der Waals surface area contributed by atoms with Gasteiger partial charge in [0.15, 0.2) is 0 Å². The minimum Gasteiger partial charge on any atom is -0.497 e. The number of morpholine rings is 1. The van der Waals surface area contributed by atoms with E-state index in [-0.39, 0.29) is 11.9 Å². The molecule has 1 unspecified atom stereocenters. The molecule has 1 fully saturated rings. The van der Waals surface area contributed by atoms with Crippen LogP contribution in [-0.4, -0.2) is 57.4 Å². The van der Waals surface area contributed by atoms with E-state index >= 15 is 0 Å². The number of carbonyl (C=O) groups is 1. The highest BCUT2D eigenvalue weighted by molar-refractivity contribution is 5.85. The van der Waals surface area contributed by atoms with Crippen molar-refractivity contribution in [2.24, 2.45) is 0 Å². The maximum Gasteiger partial charge on any atom is 0.244 e. The second-order valence-corrected chi connectivity index (χ2v) is 4.87. The first-order valence-electron chi connectivity index (χ1n) is 7.01. The monoisotopic (exact) mass is 294 g/mol. The number of hydrogen-bond acceptors (Lipinski definition) is 5. The maximum atomic E-state index is 12.4. The van der Waals surface area contributed by atoms with Gasteiger partial charge in [-0.1, -0.05) is 0 Å². The van der Waals surface area contributed by atoms with E-state index in [0.29, 0.717) is 37.8 Å². The highest BCUT2D eigenvalue weighted by atomic mass is 16.5. The molecular formula is C15H22N2O4. The van der Waals surface area contributed by atoms with Crippen molar-refractivity contribution >= 4 is 11.6 Å². The fraction of sp³-hybridized carbons (Fsp3) is 0.533. The summed E-state index contributed by atoms with van der Waals surface area (Å²) in [6, 6.07) is 5.14. The number of ether oxygens (including phenoxy) is 3. The predicted octanol–water partition coefficient (Wildman–Crippen LogP) is 1.36. The van der Waals surface area contributed by atoms with E-state index in [2.05, 4.69) is 5.32 Å². The van der Waals surface area contributed by atoms with Gasteiger partial charge < -0.3 is 24.4 Å². The lowest BCUT2D eigenvalue weighted by atomic mass is 10.2. The van der Waals surface area contributed by atoms with Gasteiger partial charge in [-0.3, -0.25) is 4.79 Å². The van der Waals surface area contributed by atoms with Crippen LogP contribution in [0.5, 0.6) is 11.5 Å². The zero-order valence-electron chi connectivity index (χ0n) is 12.7. The van der Waals surface area contributed by atoms with Gasteiger partial charge in [-0.2, -0.15) is 0 Å². The largest absolute Gasteiger partial charge is 0.497 e. The van der Waals surface area contributed by atoms with Crippen molar-refractivity contribution in [3.63, 3.8) is 0 Å². The number of nitrogens with one attached hydrogen (secondary N) is 1. The second-order valence-electron chi connectivity index (χ2n) is 4.87. The van der Waals surface area contributed by atoms with Gasteiger partial charge in [0.25, 0.3) is 0 Å². The molecule has 0 aliphatic carbocycles. The van der Waals surface area contributed by atoms with E-state index in [1.807, 2.05) is 24.0 Å². The van der Waals surface area contributed by atoms with Crippen molar-refractivity contribution < 1.29 is 19.0 Å². The third-order valence-corrected chi connectivity index (χ3v) is 3.47. The van der Waals surface area contributed by atoms with Crippen LogP contribution < -0.4 is 14.8 Å². The standard InChI is InChI=1S/C15H22N2O4/c1-11(15(18)17-6-8-21-9-7-17)16-13-5-4-12(19-2)10-14(13)20-3/h4-5,10-11,16H,6-9H2,1-3H3. The highest BCUT2D eigenvalue weighted by Crippen LogP contribution is 2.29. The third-order valence-electron chi connectivity index (χ3n) is 3.47. The number of methoxy groups -OCH3 is 2. The maximum absolute atomic E-state index is 12.4. The molecule has 116 valence electrons. The Morgan fingerprint density at radius 2 is 2.00 bits per heavy atom. The van der Waals surface area contributed by atoms with Crippen LogP contribution in [0.15, 0.2) is 18.2 Å². The predicted molar refractivity (Wildman–Crippen MR) is 80.0 cm³/mol. The minimum atomic E-state index is -0.328. The zero-order valence-corrected chi connectivity index (χ0v) is 12.7. The summed E-state index contributed by atoms with van der Waals surface area (Å²) in [5.41, 5.74) is 0.771. The molecule has 6 nitrogen and oxygen atoms in total. The van der Waals surface area contributed by atoms with Crippen molar-refractivity contribution in [2.75, 3.05) is 45.8 Å². The molecule has 0 radical (unpaired) electrons. The first-order valence-corrected chi connectivity index (χ1v) is 7.01. The van der Waals surface area contributed by atoms with E-state index in [1.165, 1.54) is 0 Å². The molecule has 6 heteroatoms. The van der Waals surface area contributed by atoms with Gasteiger partial charge in [-0.05, 0) is 19.1 Å². The molecule has 1 heterocycles. The van der Waals surface area contributed by atoms with Crippen LogP contribution >= 0.6 is 0 Å². The molecule has 0 saturated carbocycles. The molecule has 1 aliphatic heterocycles. The Morgan fingerprint density at radius 1 is 1.29 bits per heavy atom. The molecule has 1 aromatic carbocycles. The van der Waals surface area contributed by atoms with E-state index < -0.39 is 0 Å². The van der Waals surface area contributed by atoms with Gasteiger partial charge >= 0.3 is 0 Å². The second kappa shape index (κ2) is 7.17. The van der Waals surface area contributed by atoms with Crippen LogP contribution in [0.1, 0.15) is 6.92 Å². The quantitative estimate of drug-likeness (QED) is 0.888. The lowest BCUT2D eigenvalue weighted by Crippen LogP contribution is -2.47. The summed E-state index contributed by atoms with van der Waals surface area (Å²) in [5.74, 6) is 1.43. The highest BCUT2D eigenvalue weighted by Gasteiger charge is 2.23. The Kier molecular flexibility index (Phi) is 5.27. The number of amides is 1. The molecule has 1 aromatic rings. The number of nitrogens with zero attached hydrogens (tertiary/aromatic N) is 1. The molecule has 21 heavy (non-hydrogen) atoms. The molecule has 1 amide bonds. The summed E-state index contributed by atoms with van der Waals surface area (Å²) in [6.07, 6.45) is 0. The lowest BCUT2D eigenvalue weighted by Gasteiger charge is -2.30. The Labute approximate surface area is 125 Å². The first-order chi connectivity index (χ1) is 10.2. The Balaban J connectivity index is 2.04. The smallest absolute Gasteiger partial charge is 0.244 e. The van der Waals surface area contributed by atoms with Gasteiger partial charge in [0.1, 0.15) is 17.5 Å². The van der Waals surface area contributed by atoms with Crippen molar-refractivity contribution in [1.82, 2.24) is 4.90 Å². The number of anilines is 1. The fourth-order valence-corrected chi connectivity index (χ4v) is 2.27. The van der Waals surface area contributed by atoms with E-state index in [1.54, 1.807) is 20.3 Å². The number of rotatable bonds is 5. The molecule has 1 N–H and O–H groups in total. The molecule has 1 atom stereocenters. The number of benzene rings is 1. The first kappa shape index (κ1) is 15.4. The summed E-state index contributed by atoms with van der Waals surface area (Å²) in [7, 11) is 3.20. The molecular weight excluding hydrogens is 272 g/mol. The van der Waals surface area contributed by atoms with E-state index in [0.717, 1.165) is 5.69 Å². The van der Waals surface area contributed by atoms with Gasteiger partial charge in [0, 0.05) is 19.2 Å². The average Bonchev–Trinajstić information content (AvgIpc) is 2.55. The van der Waals surface area contributed by atoms with Crippen LogP contribution in [0.2, 0.25) is 0 Å². The molecule has 0 bridgehead atoms. The summed E-state index contributed by atoms with van der Waals surface area (Å²) in [4.78, 5) is 14.2. The molecule has 0 spiro atoms. The Bertz CT molecular complexity index is 487. The normalized spacial score (nSPS) is 16.2. The van der Waals surface area contributed by atoms with Crippen molar-refractivity contribution in [3.8, 4) is 11.5 Å². The molecule has 0 aromatic heterocycles. The zero-order chi connectivity index (χ0) is 15.2. The van der Waals surface area contributed by atoms with Crippen molar-refractivity contribution in [1.29, 1.82) is 0 Å². The van der Waals surface area contributed by atoms with Gasteiger partial charge in [-0.15, -0.1) is 0 Å². The summed E-state index contributed by atoms with van der Waals surface area (Å²) in [5, 5.41) is 3.20. The SMILES string of the molecule is COc1ccc(NC(C)C(=O)N2CCOCC2)c(OC)c1. The van der Waals surface area contributed by atoms with Crippen LogP contribution in [-0.2, 0) is 9.53 Å². The average molecular weight is 294 g/mol. The Morgan fingerprint density at radius 3 is 2.62 bits per heavy atom. The summed E-state index contributed by atoms with van der Waals surface area (Å²) >= 11 is 0. The van der Waals surface area contributed by atoms with Crippen molar-refractivity contribution in [2.45, 2.75) is 13.0 Å². The van der Waals surface area contributed by atoms with E-state index in [4.69, 9.17) is 14.2 Å². The van der Waals surface area contributed by atoms with Crippen LogP contribution in [0.25, 0.3) is 0 Å². The number of carbonyl (C=O) groups excluding carboxylic acids is 1. The lowest BCUT2D eigenvalue weighted by molar-refractivity contribution is -0.135. The van der Waals surface area contributed by atoms with Gasteiger partial charge in [0.05, 0.1) is 33.1 Å². The molecule has 1 saturated heterocycles. The van der Waals surface area contributed by atoms with E-state index in [9.17, 15) is 4.79 Å². The topological polar surface area (TPSA) is 60.0 Å². The third kappa shape index (κ3) is 3.78. The van der Waals surface area contributed by atoms with Gasteiger partial charge in [-0.25, -0.2) is 0 Å². The van der Waals surface area contributed by atoms with Gasteiger partial charge in [0.2, 0.25) is 5.91 Å². The minimum absolute atomic E-state index is 0.0659. The van der Waals surface area contributed by atoms with Crippen LogP contribution in [0, 0.1) is 0 Å². The summed E-state index contributed by atoms with van der Waals surface area (Å²) in [6.45, 7) is 4.34. The van der Waals surface area contributed by atoms with Crippen molar-refractivity contribution in [3.05, 3.63) is 18.2 Å².